The van der Waals surface area contributed by atoms with Crippen molar-refractivity contribution in [1.82, 2.24) is 9.55 Å². The van der Waals surface area contributed by atoms with Gasteiger partial charge in [-0.05, 0) is 17.7 Å². The molecule has 4 heteroatoms. The van der Waals surface area contributed by atoms with Crippen molar-refractivity contribution in [3.63, 3.8) is 0 Å². The van der Waals surface area contributed by atoms with Crippen LogP contribution in [-0.4, -0.2) is 22.4 Å². The number of benzene rings is 1. The van der Waals surface area contributed by atoms with Crippen molar-refractivity contribution in [2.45, 2.75) is 6.42 Å². The lowest BCUT2D eigenvalue weighted by Gasteiger charge is -2.03. The van der Waals surface area contributed by atoms with Gasteiger partial charge in [0.2, 0.25) is 5.78 Å². The third kappa shape index (κ3) is 2.53. The number of imidazole rings is 1. The van der Waals surface area contributed by atoms with E-state index in [4.69, 9.17) is 4.74 Å². The Morgan fingerprint density at radius 2 is 2.06 bits per heavy atom. The topological polar surface area (TPSA) is 44.1 Å². The van der Waals surface area contributed by atoms with Gasteiger partial charge in [-0.3, -0.25) is 4.79 Å². The Balaban J connectivity index is 2.10. The van der Waals surface area contributed by atoms with Crippen LogP contribution in [0, 0.1) is 0 Å². The number of carbonyl (C=O) groups is 1. The molecule has 0 aliphatic rings. The summed E-state index contributed by atoms with van der Waals surface area (Å²) in [5.41, 5.74) is 0.957. The van der Waals surface area contributed by atoms with Crippen LogP contribution in [0.15, 0.2) is 36.7 Å². The number of rotatable bonds is 4. The molecule has 0 radical (unpaired) electrons. The molecule has 4 nitrogen and oxygen atoms in total. The standard InChI is InChI=1S/C13H14N2O2/c1-15-8-7-14-13(15)12(16)9-10-3-5-11(17-2)6-4-10/h3-8H,9H2,1-2H3. The van der Waals surface area contributed by atoms with Crippen molar-refractivity contribution in [3.05, 3.63) is 48.0 Å². The highest BCUT2D eigenvalue weighted by Gasteiger charge is 2.11. The fourth-order valence-corrected chi connectivity index (χ4v) is 1.64. The maximum absolute atomic E-state index is 11.9. The van der Waals surface area contributed by atoms with E-state index in [9.17, 15) is 4.79 Å². The zero-order valence-electron chi connectivity index (χ0n) is 9.88. The summed E-state index contributed by atoms with van der Waals surface area (Å²) >= 11 is 0. The molecule has 1 aromatic heterocycles. The average Bonchev–Trinajstić information content (AvgIpc) is 2.76. The Labute approximate surface area is 99.9 Å². The van der Waals surface area contributed by atoms with Crippen LogP contribution in [0.4, 0.5) is 0 Å². The summed E-state index contributed by atoms with van der Waals surface area (Å²) < 4.78 is 6.79. The van der Waals surface area contributed by atoms with Gasteiger partial charge in [0.1, 0.15) is 5.75 Å². The fourth-order valence-electron chi connectivity index (χ4n) is 1.64. The van der Waals surface area contributed by atoms with Crippen LogP contribution in [0.2, 0.25) is 0 Å². The van der Waals surface area contributed by atoms with Crippen LogP contribution < -0.4 is 4.74 Å². The molecule has 1 aromatic carbocycles. The highest BCUT2D eigenvalue weighted by Crippen LogP contribution is 2.13. The van der Waals surface area contributed by atoms with Gasteiger partial charge in [-0.15, -0.1) is 0 Å². The minimum Gasteiger partial charge on any atom is -0.497 e. The van der Waals surface area contributed by atoms with Crippen molar-refractivity contribution in [2.75, 3.05) is 7.11 Å². The summed E-state index contributed by atoms with van der Waals surface area (Å²) in [6.07, 6.45) is 3.75. The molecule has 0 fully saturated rings. The molecule has 88 valence electrons. The van der Waals surface area contributed by atoms with Gasteiger partial charge in [-0.25, -0.2) is 4.98 Å². The van der Waals surface area contributed by atoms with Crippen molar-refractivity contribution in [1.29, 1.82) is 0 Å². The molecule has 0 aliphatic carbocycles. The number of ether oxygens (including phenoxy) is 1. The van der Waals surface area contributed by atoms with E-state index >= 15 is 0 Å². The van der Waals surface area contributed by atoms with Crippen LogP contribution in [0.3, 0.4) is 0 Å². The number of hydrogen-bond donors (Lipinski definition) is 0. The Hall–Kier alpha value is -2.10. The van der Waals surface area contributed by atoms with E-state index in [1.54, 1.807) is 24.1 Å². The summed E-state index contributed by atoms with van der Waals surface area (Å²) in [7, 11) is 3.43. The predicted octanol–water partition coefficient (Wildman–Crippen LogP) is 1.85. The summed E-state index contributed by atoms with van der Waals surface area (Å²) in [5, 5.41) is 0. The van der Waals surface area contributed by atoms with E-state index in [2.05, 4.69) is 4.98 Å². The first-order valence-corrected chi connectivity index (χ1v) is 5.34. The molecule has 17 heavy (non-hydrogen) atoms. The molecule has 0 spiro atoms. The van der Waals surface area contributed by atoms with E-state index in [0.29, 0.717) is 12.2 Å². The molecular weight excluding hydrogens is 216 g/mol. The van der Waals surface area contributed by atoms with Gasteiger partial charge in [-0.1, -0.05) is 12.1 Å². The lowest BCUT2D eigenvalue weighted by Crippen LogP contribution is -2.10. The first-order chi connectivity index (χ1) is 8.20. The molecular formula is C13H14N2O2. The zero-order valence-corrected chi connectivity index (χ0v) is 9.88. The van der Waals surface area contributed by atoms with E-state index < -0.39 is 0 Å². The molecule has 0 unspecified atom stereocenters. The third-order valence-electron chi connectivity index (χ3n) is 2.59. The second-order valence-corrected chi connectivity index (χ2v) is 3.81. The summed E-state index contributed by atoms with van der Waals surface area (Å²) in [4.78, 5) is 16.0. The fraction of sp³-hybridized carbons (Fsp3) is 0.231. The normalized spacial score (nSPS) is 10.2. The molecule has 0 saturated heterocycles. The molecule has 2 rings (SSSR count). The van der Waals surface area contributed by atoms with Gasteiger partial charge in [0, 0.05) is 25.9 Å². The highest BCUT2D eigenvalue weighted by molar-refractivity contribution is 5.94. The van der Waals surface area contributed by atoms with Gasteiger partial charge in [-0.2, -0.15) is 0 Å². The van der Waals surface area contributed by atoms with E-state index in [-0.39, 0.29) is 5.78 Å². The second-order valence-electron chi connectivity index (χ2n) is 3.81. The number of hydrogen-bond acceptors (Lipinski definition) is 3. The SMILES string of the molecule is COc1ccc(CC(=O)c2nccn2C)cc1. The number of carbonyl (C=O) groups excluding carboxylic acids is 1. The van der Waals surface area contributed by atoms with Crippen LogP contribution in [0.25, 0.3) is 0 Å². The van der Waals surface area contributed by atoms with Crippen LogP contribution in [-0.2, 0) is 13.5 Å². The summed E-state index contributed by atoms with van der Waals surface area (Å²) in [6, 6.07) is 7.47. The predicted molar refractivity (Wildman–Crippen MR) is 64.2 cm³/mol. The molecule has 0 aliphatic heterocycles. The van der Waals surface area contributed by atoms with Crippen LogP contribution >= 0.6 is 0 Å². The number of aromatic nitrogens is 2. The van der Waals surface area contributed by atoms with Gasteiger partial charge < -0.3 is 9.30 Å². The molecule has 0 N–H and O–H groups in total. The first-order valence-electron chi connectivity index (χ1n) is 5.34. The van der Waals surface area contributed by atoms with Gasteiger partial charge in [0.25, 0.3) is 0 Å². The first kappa shape index (κ1) is 11.4. The lowest BCUT2D eigenvalue weighted by molar-refractivity contribution is 0.0980. The quantitative estimate of drug-likeness (QED) is 0.753. The number of Topliss-reactive ketones (excluding diaryl/α,β-unsaturated/α-hetero) is 1. The van der Waals surface area contributed by atoms with Gasteiger partial charge in [0.15, 0.2) is 5.82 Å². The molecule has 2 aromatic rings. The highest BCUT2D eigenvalue weighted by atomic mass is 16.5. The van der Waals surface area contributed by atoms with Crippen molar-refractivity contribution >= 4 is 5.78 Å². The second kappa shape index (κ2) is 4.82. The minimum atomic E-state index is 0.0164. The smallest absolute Gasteiger partial charge is 0.202 e. The van der Waals surface area contributed by atoms with Crippen molar-refractivity contribution < 1.29 is 9.53 Å². The van der Waals surface area contributed by atoms with Crippen LogP contribution in [0.5, 0.6) is 5.75 Å². The Morgan fingerprint density at radius 3 is 2.59 bits per heavy atom. The summed E-state index contributed by atoms with van der Waals surface area (Å²) in [6.45, 7) is 0. The molecule has 0 saturated carbocycles. The maximum atomic E-state index is 11.9. The molecule has 0 atom stereocenters. The summed E-state index contributed by atoms with van der Waals surface area (Å²) in [5.74, 6) is 1.29. The molecule has 0 amide bonds. The van der Waals surface area contributed by atoms with Crippen molar-refractivity contribution in [2.24, 2.45) is 7.05 Å². The number of methoxy groups -OCH3 is 1. The van der Waals surface area contributed by atoms with Gasteiger partial charge in [0.05, 0.1) is 7.11 Å². The molecule has 1 heterocycles. The monoisotopic (exact) mass is 230 g/mol. The van der Waals surface area contributed by atoms with Crippen molar-refractivity contribution in [3.8, 4) is 5.75 Å². The van der Waals surface area contributed by atoms with Crippen LogP contribution in [0.1, 0.15) is 16.2 Å². The Kier molecular flexibility index (Phi) is 3.23. The zero-order chi connectivity index (χ0) is 12.3. The number of nitrogens with zero attached hydrogens (tertiary/aromatic N) is 2. The Bertz CT molecular complexity index is 514. The number of ketones is 1. The minimum absolute atomic E-state index is 0.0164. The maximum Gasteiger partial charge on any atom is 0.202 e. The van der Waals surface area contributed by atoms with Gasteiger partial charge >= 0.3 is 0 Å². The average molecular weight is 230 g/mol. The molecule has 0 bridgehead atoms. The largest absolute Gasteiger partial charge is 0.497 e. The number of aryl methyl sites for hydroxylation is 1. The van der Waals surface area contributed by atoms with E-state index in [0.717, 1.165) is 11.3 Å². The Morgan fingerprint density at radius 1 is 1.35 bits per heavy atom. The third-order valence-corrected chi connectivity index (χ3v) is 2.59. The van der Waals surface area contributed by atoms with E-state index in [1.165, 1.54) is 0 Å². The lowest BCUT2D eigenvalue weighted by atomic mass is 10.1. The van der Waals surface area contributed by atoms with E-state index in [1.807, 2.05) is 31.3 Å².